The maximum atomic E-state index is 12.8. The Labute approximate surface area is 185 Å². The Morgan fingerprint density at radius 1 is 1.23 bits per heavy atom. The van der Waals surface area contributed by atoms with Gasteiger partial charge in [0, 0.05) is 10.7 Å². The smallest absolute Gasteiger partial charge is 0.338 e. The van der Waals surface area contributed by atoms with Gasteiger partial charge in [-0.05, 0) is 41.3 Å². The van der Waals surface area contributed by atoms with Crippen LogP contribution in [-0.2, 0) is 14.3 Å². The van der Waals surface area contributed by atoms with E-state index in [9.17, 15) is 14.4 Å². The monoisotopic (exact) mass is 439 g/mol. The number of amides is 3. The average Bonchev–Trinajstić information content (AvgIpc) is 3.11. The maximum absolute atomic E-state index is 12.8. The number of hydrogen-bond acceptors (Lipinski definition) is 4. The maximum Gasteiger partial charge on any atom is 0.338 e. The van der Waals surface area contributed by atoms with Crippen molar-refractivity contribution in [3.8, 4) is 0 Å². The van der Waals surface area contributed by atoms with Crippen molar-refractivity contribution in [2.45, 2.75) is 25.8 Å². The predicted octanol–water partition coefficient (Wildman–Crippen LogP) is 3.98. The zero-order chi connectivity index (χ0) is 22.1. The molecule has 0 bridgehead atoms. The second kappa shape index (κ2) is 8.43. The number of hydrogen-bond donors (Lipinski definition) is 2. The Balaban J connectivity index is 1.57. The van der Waals surface area contributed by atoms with Crippen molar-refractivity contribution >= 4 is 35.2 Å². The van der Waals surface area contributed by atoms with Crippen LogP contribution >= 0.6 is 11.6 Å². The van der Waals surface area contributed by atoms with Gasteiger partial charge in [-0.3, -0.25) is 9.69 Å². The molecule has 2 N–H and O–H groups in total. The standard InChI is InChI=1S/C23H22ClN3O4/c1-13(2)14-5-4-8-17(10-14)25-19(28)11-27-18-12-31-22(29)20(18)21(26-23(27)30)15-6-3-7-16(24)9-15/h3-10,13,21H,11-12H2,1-2H3,(H,25,28)(H,26,30). The number of benzene rings is 2. The van der Waals surface area contributed by atoms with E-state index in [1.165, 1.54) is 4.90 Å². The summed E-state index contributed by atoms with van der Waals surface area (Å²) in [5.41, 5.74) is 3.12. The molecule has 0 radical (unpaired) electrons. The van der Waals surface area contributed by atoms with Crippen molar-refractivity contribution in [1.29, 1.82) is 0 Å². The summed E-state index contributed by atoms with van der Waals surface area (Å²) in [5.74, 6) is -0.569. The lowest BCUT2D eigenvalue weighted by Gasteiger charge is -2.32. The van der Waals surface area contributed by atoms with Gasteiger partial charge in [0.05, 0.1) is 17.3 Å². The number of esters is 1. The van der Waals surface area contributed by atoms with Gasteiger partial charge < -0.3 is 15.4 Å². The number of rotatable bonds is 5. The normalized spacial score (nSPS) is 18.1. The van der Waals surface area contributed by atoms with Crippen LogP contribution in [0.3, 0.4) is 0 Å². The summed E-state index contributed by atoms with van der Waals surface area (Å²) in [6.45, 7) is 3.84. The van der Waals surface area contributed by atoms with E-state index in [-0.39, 0.29) is 19.1 Å². The van der Waals surface area contributed by atoms with E-state index < -0.39 is 18.0 Å². The second-order valence-corrected chi connectivity index (χ2v) is 8.22. The Morgan fingerprint density at radius 2 is 2.00 bits per heavy atom. The molecule has 0 aliphatic carbocycles. The highest BCUT2D eigenvalue weighted by molar-refractivity contribution is 6.30. The van der Waals surface area contributed by atoms with Crippen LogP contribution in [0.2, 0.25) is 5.02 Å². The first-order valence-electron chi connectivity index (χ1n) is 9.97. The minimum absolute atomic E-state index is 0.0607. The lowest BCUT2D eigenvalue weighted by atomic mass is 9.96. The zero-order valence-electron chi connectivity index (χ0n) is 17.1. The van der Waals surface area contributed by atoms with Crippen LogP contribution in [0.1, 0.15) is 36.9 Å². The van der Waals surface area contributed by atoms with Gasteiger partial charge in [-0.2, -0.15) is 0 Å². The third-order valence-corrected chi connectivity index (χ3v) is 5.55. The fourth-order valence-electron chi connectivity index (χ4n) is 3.73. The molecular weight excluding hydrogens is 418 g/mol. The molecule has 8 heteroatoms. The molecule has 7 nitrogen and oxygen atoms in total. The number of cyclic esters (lactones) is 1. The molecule has 2 aliphatic heterocycles. The van der Waals surface area contributed by atoms with Crippen molar-refractivity contribution in [2.75, 3.05) is 18.5 Å². The van der Waals surface area contributed by atoms with Crippen molar-refractivity contribution < 1.29 is 19.1 Å². The molecule has 1 atom stereocenters. The van der Waals surface area contributed by atoms with Crippen molar-refractivity contribution in [1.82, 2.24) is 10.2 Å². The zero-order valence-corrected chi connectivity index (χ0v) is 17.9. The first-order valence-corrected chi connectivity index (χ1v) is 10.3. The van der Waals surface area contributed by atoms with Crippen LogP contribution in [0, 0.1) is 0 Å². The van der Waals surface area contributed by atoms with Gasteiger partial charge in [0.25, 0.3) is 0 Å². The topological polar surface area (TPSA) is 87.7 Å². The van der Waals surface area contributed by atoms with Crippen LogP contribution < -0.4 is 10.6 Å². The van der Waals surface area contributed by atoms with Crippen molar-refractivity contribution in [3.63, 3.8) is 0 Å². The highest BCUT2D eigenvalue weighted by Gasteiger charge is 2.42. The van der Waals surface area contributed by atoms with Crippen molar-refractivity contribution in [3.05, 3.63) is 76.0 Å². The summed E-state index contributed by atoms with van der Waals surface area (Å²) in [5, 5.41) is 6.11. The number of nitrogens with zero attached hydrogens (tertiary/aromatic N) is 1. The minimum atomic E-state index is -0.682. The molecule has 2 aromatic carbocycles. The van der Waals surface area contributed by atoms with Gasteiger partial charge in [0.1, 0.15) is 13.2 Å². The summed E-state index contributed by atoms with van der Waals surface area (Å²) < 4.78 is 5.19. The van der Waals surface area contributed by atoms with E-state index in [0.717, 1.165) is 5.56 Å². The Kier molecular flexibility index (Phi) is 5.69. The lowest BCUT2D eigenvalue weighted by Crippen LogP contribution is -2.49. The van der Waals surface area contributed by atoms with Crippen LogP contribution in [-0.4, -0.2) is 36.0 Å². The first-order chi connectivity index (χ1) is 14.8. The molecule has 2 heterocycles. The predicted molar refractivity (Wildman–Crippen MR) is 117 cm³/mol. The average molecular weight is 440 g/mol. The van der Waals surface area contributed by atoms with Crippen LogP contribution in [0.5, 0.6) is 0 Å². The molecule has 3 amide bonds. The number of nitrogens with one attached hydrogen (secondary N) is 2. The van der Waals surface area contributed by atoms with Crippen LogP contribution in [0.15, 0.2) is 59.8 Å². The van der Waals surface area contributed by atoms with E-state index in [1.54, 1.807) is 30.3 Å². The SMILES string of the molecule is CC(C)c1cccc(NC(=O)CN2C(=O)NC(c3cccc(Cl)c3)C3=C2COC3=O)c1. The highest BCUT2D eigenvalue weighted by Crippen LogP contribution is 2.35. The quantitative estimate of drug-likeness (QED) is 0.690. The summed E-state index contributed by atoms with van der Waals surface area (Å²) in [6.07, 6.45) is 0. The summed E-state index contributed by atoms with van der Waals surface area (Å²) in [4.78, 5) is 39.2. The summed E-state index contributed by atoms with van der Waals surface area (Å²) in [7, 11) is 0. The molecule has 0 saturated carbocycles. The molecule has 0 saturated heterocycles. The number of urea groups is 1. The van der Waals surface area contributed by atoms with Gasteiger partial charge in [-0.15, -0.1) is 0 Å². The molecule has 1 unspecified atom stereocenters. The fourth-order valence-corrected chi connectivity index (χ4v) is 3.93. The van der Waals surface area contributed by atoms with Crippen LogP contribution in [0.4, 0.5) is 10.5 Å². The third-order valence-electron chi connectivity index (χ3n) is 5.32. The Morgan fingerprint density at radius 3 is 2.74 bits per heavy atom. The molecule has 2 aromatic rings. The van der Waals surface area contributed by atoms with E-state index in [2.05, 4.69) is 24.5 Å². The van der Waals surface area contributed by atoms with Crippen LogP contribution in [0.25, 0.3) is 0 Å². The molecule has 4 rings (SSSR count). The van der Waals surface area contributed by atoms with Gasteiger partial charge in [-0.1, -0.05) is 49.7 Å². The number of anilines is 1. The van der Waals surface area contributed by atoms with E-state index in [0.29, 0.717) is 33.5 Å². The molecular formula is C23H22ClN3O4. The Hall–Kier alpha value is -3.32. The summed E-state index contributed by atoms with van der Waals surface area (Å²) in [6, 6.07) is 13.3. The largest absolute Gasteiger partial charge is 0.456 e. The third kappa shape index (κ3) is 4.27. The van der Waals surface area contributed by atoms with E-state index in [1.807, 2.05) is 18.2 Å². The molecule has 31 heavy (non-hydrogen) atoms. The number of carbonyl (C=O) groups is 3. The van der Waals surface area contributed by atoms with Crippen molar-refractivity contribution in [2.24, 2.45) is 0 Å². The lowest BCUT2D eigenvalue weighted by molar-refractivity contribution is -0.136. The molecule has 0 spiro atoms. The fraction of sp³-hybridized carbons (Fsp3) is 0.261. The summed E-state index contributed by atoms with van der Waals surface area (Å²) >= 11 is 6.08. The highest BCUT2D eigenvalue weighted by atomic mass is 35.5. The van der Waals surface area contributed by atoms with Gasteiger partial charge in [0.15, 0.2) is 0 Å². The van der Waals surface area contributed by atoms with E-state index >= 15 is 0 Å². The van der Waals surface area contributed by atoms with Gasteiger partial charge in [0.2, 0.25) is 5.91 Å². The van der Waals surface area contributed by atoms with E-state index in [4.69, 9.17) is 16.3 Å². The second-order valence-electron chi connectivity index (χ2n) is 7.79. The first kappa shape index (κ1) is 20.9. The molecule has 0 fully saturated rings. The molecule has 0 aromatic heterocycles. The van der Waals surface area contributed by atoms with Gasteiger partial charge in [-0.25, -0.2) is 9.59 Å². The number of carbonyl (C=O) groups excluding carboxylic acids is 3. The van der Waals surface area contributed by atoms with Gasteiger partial charge >= 0.3 is 12.0 Å². The molecule has 160 valence electrons. The minimum Gasteiger partial charge on any atom is -0.456 e. The number of halogens is 1. The Bertz CT molecular complexity index is 1100. The number of ether oxygens (including phenoxy) is 1. The molecule has 2 aliphatic rings.